The first kappa shape index (κ1) is 13.3. The molecule has 0 atom stereocenters. The molecular formula is C10H13N3O3S. The van der Waals surface area contributed by atoms with Crippen molar-refractivity contribution in [2.75, 3.05) is 18.4 Å². The van der Waals surface area contributed by atoms with Gasteiger partial charge in [-0.3, -0.25) is 4.72 Å². The molecule has 1 rings (SSSR count). The smallest absolute Gasteiger partial charge is 0.299 e. The van der Waals surface area contributed by atoms with Crippen molar-refractivity contribution in [2.24, 2.45) is 0 Å². The van der Waals surface area contributed by atoms with Crippen LogP contribution in [-0.4, -0.2) is 22.1 Å². The summed E-state index contributed by atoms with van der Waals surface area (Å²) in [6.07, 6.45) is 0. The average Bonchev–Trinajstić information content (AvgIpc) is 2.28. The summed E-state index contributed by atoms with van der Waals surface area (Å²) in [4.78, 5) is 0. The fraction of sp³-hybridized carbons (Fsp3) is 0.300. The van der Waals surface area contributed by atoms with Gasteiger partial charge >= 0.3 is 0 Å². The van der Waals surface area contributed by atoms with Gasteiger partial charge in [0.05, 0.1) is 12.7 Å². The lowest BCUT2D eigenvalue weighted by molar-refractivity contribution is 0.416. The van der Waals surface area contributed by atoms with Gasteiger partial charge in [0.15, 0.2) is 0 Å². The van der Waals surface area contributed by atoms with E-state index in [1.807, 2.05) is 6.07 Å². The summed E-state index contributed by atoms with van der Waals surface area (Å²) >= 11 is 0. The largest absolute Gasteiger partial charge is 0.495 e. The number of para-hydroxylation sites is 1. The fourth-order valence-electron chi connectivity index (χ4n) is 1.26. The molecular weight excluding hydrogens is 242 g/mol. The topological polar surface area (TPSA) is 91.2 Å². The Morgan fingerprint density at radius 3 is 2.71 bits per heavy atom. The first-order chi connectivity index (χ1) is 8.04. The summed E-state index contributed by atoms with van der Waals surface area (Å²) in [6.45, 7) is 1.92. The highest BCUT2D eigenvalue weighted by Gasteiger charge is 2.15. The molecule has 2 N–H and O–H groups in total. The summed E-state index contributed by atoms with van der Waals surface area (Å²) < 4.78 is 32.6. The number of nitrogens with zero attached hydrogens (tertiary/aromatic N) is 1. The van der Waals surface area contributed by atoms with Crippen LogP contribution in [0.2, 0.25) is 0 Å². The quantitative estimate of drug-likeness (QED) is 0.815. The van der Waals surface area contributed by atoms with Crippen molar-refractivity contribution in [3.63, 3.8) is 0 Å². The van der Waals surface area contributed by atoms with E-state index in [-0.39, 0.29) is 17.8 Å². The molecule has 0 bridgehead atoms. The lowest BCUT2D eigenvalue weighted by atomic mass is 10.2. The molecule has 1 aromatic carbocycles. The van der Waals surface area contributed by atoms with E-state index in [9.17, 15) is 8.42 Å². The molecule has 0 aliphatic heterocycles. The normalized spacial score (nSPS) is 10.6. The molecule has 0 aliphatic carbocycles. The number of anilines is 1. The minimum absolute atomic E-state index is 0.137. The zero-order valence-corrected chi connectivity index (χ0v) is 10.3. The van der Waals surface area contributed by atoms with Crippen LogP contribution in [0.25, 0.3) is 0 Å². The minimum atomic E-state index is -3.68. The number of nitrogens with one attached hydrogen (secondary N) is 2. The van der Waals surface area contributed by atoms with Gasteiger partial charge in [-0.1, -0.05) is 13.0 Å². The van der Waals surface area contributed by atoms with Crippen LogP contribution in [0.5, 0.6) is 5.75 Å². The van der Waals surface area contributed by atoms with Crippen LogP contribution in [0.15, 0.2) is 18.2 Å². The maximum Gasteiger partial charge on any atom is 0.299 e. The van der Waals surface area contributed by atoms with Gasteiger partial charge in [-0.25, -0.2) is 0 Å². The summed E-state index contributed by atoms with van der Waals surface area (Å²) in [6, 6.07) is 6.59. The molecule has 0 aliphatic rings. The molecule has 7 heteroatoms. The number of nitriles is 1. The van der Waals surface area contributed by atoms with Gasteiger partial charge in [-0.15, -0.1) is 0 Å². The zero-order chi connectivity index (χ0) is 12.9. The number of hydrogen-bond acceptors (Lipinski definition) is 4. The lowest BCUT2D eigenvalue weighted by Gasteiger charge is -2.12. The van der Waals surface area contributed by atoms with Gasteiger partial charge < -0.3 is 4.74 Å². The van der Waals surface area contributed by atoms with Crippen molar-refractivity contribution in [1.29, 1.82) is 5.26 Å². The Morgan fingerprint density at radius 1 is 1.47 bits per heavy atom. The van der Waals surface area contributed by atoms with Crippen molar-refractivity contribution < 1.29 is 13.2 Å². The first-order valence-electron chi connectivity index (χ1n) is 4.88. The van der Waals surface area contributed by atoms with Crippen molar-refractivity contribution in [1.82, 2.24) is 4.72 Å². The fourth-order valence-corrected chi connectivity index (χ4v) is 2.19. The molecule has 0 aromatic heterocycles. The third-order valence-electron chi connectivity index (χ3n) is 1.94. The van der Waals surface area contributed by atoms with E-state index in [2.05, 4.69) is 9.44 Å². The van der Waals surface area contributed by atoms with E-state index >= 15 is 0 Å². The molecule has 0 saturated carbocycles. The van der Waals surface area contributed by atoms with Gasteiger partial charge in [0.2, 0.25) is 0 Å². The van der Waals surface area contributed by atoms with Gasteiger partial charge in [-0.2, -0.15) is 18.4 Å². The second kappa shape index (κ2) is 5.52. The highest BCUT2D eigenvalue weighted by Crippen LogP contribution is 2.28. The monoisotopic (exact) mass is 255 g/mol. The summed E-state index contributed by atoms with van der Waals surface area (Å²) in [5.74, 6) is 0.297. The Balaban J connectivity index is 3.17. The van der Waals surface area contributed by atoms with Crippen molar-refractivity contribution in [3.05, 3.63) is 23.8 Å². The van der Waals surface area contributed by atoms with Crippen LogP contribution in [0.4, 0.5) is 5.69 Å². The number of methoxy groups -OCH3 is 1. The number of rotatable bonds is 5. The van der Waals surface area contributed by atoms with E-state index in [0.717, 1.165) is 0 Å². The first-order valence-corrected chi connectivity index (χ1v) is 6.37. The maximum absolute atomic E-state index is 11.5. The highest BCUT2D eigenvalue weighted by molar-refractivity contribution is 7.90. The second-order valence-corrected chi connectivity index (χ2v) is 4.60. The van der Waals surface area contributed by atoms with E-state index in [1.54, 1.807) is 19.1 Å². The molecule has 1 aromatic rings. The third kappa shape index (κ3) is 3.34. The standard InChI is InChI=1S/C10H13N3O3S/c1-3-12-17(14,15)13-10-8(7-11)5-4-6-9(10)16-2/h4-6,12-13H,3H2,1-2H3. The van der Waals surface area contributed by atoms with Crippen LogP contribution in [0.1, 0.15) is 12.5 Å². The maximum atomic E-state index is 11.5. The van der Waals surface area contributed by atoms with Crippen LogP contribution in [0, 0.1) is 11.3 Å². The van der Waals surface area contributed by atoms with E-state index in [1.165, 1.54) is 13.2 Å². The molecule has 0 spiro atoms. The second-order valence-electron chi connectivity index (χ2n) is 3.10. The van der Waals surface area contributed by atoms with E-state index in [0.29, 0.717) is 5.75 Å². The SMILES string of the molecule is CCNS(=O)(=O)Nc1c(C#N)cccc1OC. The van der Waals surface area contributed by atoms with Crippen LogP contribution < -0.4 is 14.2 Å². The van der Waals surface area contributed by atoms with Crippen LogP contribution in [0.3, 0.4) is 0 Å². The van der Waals surface area contributed by atoms with Crippen molar-refractivity contribution >= 4 is 15.9 Å². The van der Waals surface area contributed by atoms with Crippen LogP contribution >= 0.6 is 0 Å². The van der Waals surface area contributed by atoms with Crippen molar-refractivity contribution in [3.8, 4) is 11.8 Å². The molecule has 0 saturated heterocycles. The van der Waals surface area contributed by atoms with E-state index in [4.69, 9.17) is 10.00 Å². The number of benzene rings is 1. The Morgan fingerprint density at radius 2 is 2.18 bits per heavy atom. The van der Waals surface area contributed by atoms with Crippen molar-refractivity contribution in [2.45, 2.75) is 6.92 Å². The van der Waals surface area contributed by atoms with E-state index < -0.39 is 10.2 Å². The molecule has 0 unspecified atom stereocenters. The Labute approximate surface area is 100 Å². The molecule has 0 amide bonds. The minimum Gasteiger partial charge on any atom is -0.495 e. The van der Waals surface area contributed by atoms with Gasteiger partial charge in [0.1, 0.15) is 17.5 Å². The molecule has 92 valence electrons. The van der Waals surface area contributed by atoms with Crippen LogP contribution in [-0.2, 0) is 10.2 Å². The van der Waals surface area contributed by atoms with Gasteiger partial charge in [0, 0.05) is 6.54 Å². The Hall–Kier alpha value is -1.78. The zero-order valence-electron chi connectivity index (χ0n) is 9.52. The molecule has 0 radical (unpaired) electrons. The Bertz CT molecular complexity index is 534. The number of ether oxygens (including phenoxy) is 1. The highest BCUT2D eigenvalue weighted by atomic mass is 32.2. The van der Waals surface area contributed by atoms with Gasteiger partial charge in [0.25, 0.3) is 10.2 Å². The summed E-state index contributed by atoms with van der Waals surface area (Å²) in [5.41, 5.74) is 0.337. The third-order valence-corrected chi connectivity index (χ3v) is 3.08. The predicted molar refractivity (Wildman–Crippen MR) is 63.9 cm³/mol. The number of hydrogen-bond donors (Lipinski definition) is 2. The summed E-state index contributed by atoms with van der Waals surface area (Å²) in [7, 11) is -2.28. The molecule has 17 heavy (non-hydrogen) atoms. The Kier molecular flexibility index (Phi) is 4.31. The summed E-state index contributed by atoms with van der Waals surface area (Å²) in [5, 5.41) is 8.90. The predicted octanol–water partition coefficient (Wildman–Crippen LogP) is 0.833. The molecule has 6 nitrogen and oxygen atoms in total. The molecule has 0 heterocycles. The van der Waals surface area contributed by atoms with Gasteiger partial charge in [-0.05, 0) is 12.1 Å². The lowest BCUT2D eigenvalue weighted by Crippen LogP contribution is -2.30. The molecule has 0 fully saturated rings. The average molecular weight is 255 g/mol.